The number of piperidine rings is 1. The minimum Gasteiger partial charge on any atom is -0.344 e. The van der Waals surface area contributed by atoms with E-state index in [2.05, 4.69) is 0 Å². The van der Waals surface area contributed by atoms with E-state index in [1.54, 1.807) is 0 Å². The number of carbonyl (C=O) groups excluding carboxylic acids is 1. The van der Waals surface area contributed by atoms with Crippen LogP contribution in [0.15, 0.2) is 0 Å². The van der Waals surface area contributed by atoms with E-state index in [4.69, 9.17) is 5.26 Å². The number of carbonyl (C=O) groups is 1. The molecular weight excluding hydrogens is 116 g/mol. The van der Waals surface area contributed by atoms with Crippen LogP contribution in [0.4, 0.5) is 0 Å². The SMILES string of the molecule is N#CC1C[NH2+]CCC1=O. The molecule has 9 heavy (non-hydrogen) atoms. The molecule has 1 atom stereocenters. The Morgan fingerprint density at radius 1 is 1.78 bits per heavy atom. The van der Waals surface area contributed by atoms with Crippen LogP contribution in [-0.2, 0) is 4.79 Å². The first-order valence-electron chi connectivity index (χ1n) is 3.08. The minimum absolute atomic E-state index is 0.111. The third-order valence-corrected chi connectivity index (χ3v) is 1.54. The minimum atomic E-state index is -0.334. The summed E-state index contributed by atoms with van der Waals surface area (Å²) in [6, 6.07) is 1.97. The number of Topliss-reactive ketones (excluding diaryl/α,β-unsaturated/α-hetero) is 1. The number of hydrogen-bond donors (Lipinski definition) is 1. The maximum atomic E-state index is 10.8. The van der Waals surface area contributed by atoms with E-state index >= 15 is 0 Å². The lowest BCUT2D eigenvalue weighted by Crippen LogP contribution is -2.88. The van der Waals surface area contributed by atoms with Gasteiger partial charge in [-0.25, -0.2) is 0 Å². The van der Waals surface area contributed by atoms with Gasteiger partial charge in [0.2, 0.25) is 0 Å². The molecule has 2 N–H and O–H groups in total. The fourth-order valence-corrected chi connectivity index (χ4v) is 0.959. The Balaban J connectivity index is 2.51. The van der Waals surface area contributed by atoms with Crippen molar-refractivity contribution in [2.24, 2.45) is 5.92 Å². The molecule has 3 nitrogen and oxygen atoms in total. The van der Waals surface area contributed by atoms with Crippen LogP contribution < -0.4 is 5.32 Å². The lowest BCUT2D eigenvalue weighted by Gasteiger charge is -2.11. The Morgan fingerprint density at radius 3 is 3.00 bits per heavy atom. The summed E-state index contributed by atoms with van der Waals surface area (Å²) in [6.07, 6.45) is 0.568. The second kappa shape index (κ2) is 2.60. The predicted molar refractivity (Wildman–Crippen MR) is 30.4 cm³/mol. The van der Waals surface area contributed by atoms with Gasteiger partial charge in [-0.3, -0.25) is 4.79 Å². The molecule has 1 fully saturated rings. The molecular formula is C6H9N2O+. The Labute approximate surface area is 53.7 Å². The molecule has 1 heterocycles. The molecule has 0 aliphatic carbocycles. The van der Waals surface area contributed by atoms with Gasteiger partial charge in [0.1, 0.15) is 0 Å². The van der Waals surface area contributed by atoms with Crippen LogP contribution in [0.3, 0.4) is 0 Å². The first-order valence-corrected chi connectivity index (χ1v) is 3.08. The maximum absolute atomic E-state index is 10.8. The van der Waals surface area contributed by atoms with Crippen molar-refractivity contribution in [3.63, 3.8) is 0 Å². The molecule has 0 spiro atoms. The molecule has 3 heteroatoms. The van der Waals surface area contributed by atoms with Crippen LogP contribution in [-0.4, -0.2) is 18.9 Å². The van der Waals surface area contributed by atoms with Crippen LogP contribution in [0.25, 0.3) is 0 Å². The average molecular weight is 125 g/mol. The van der Waals surface area contributed by atoms with Gasteiger partial charge >= 0.3 is 0 Å². The molecule has 0 aromatic rings. The summed E-state index contributed by atoms with van der Waals surface area (Å²) < 4.78 is 0. The number of quaternary nitrogens is 1. The molecule has 1 aliphatic heterocycles. The number of nitriles is 1. The van der Waals surface area contributed by atoms with Crippen LogP contribution in [0.2, 0.25) is 0 Å². The highest BCUT2D eigenvalue weighted by Gasteiger charge is 2.23. The summed E-state index contributed by atoms with van der Waals surface area (Å²) >= 11 is 0. The van der Waals surface area contributed by atoms with E-state index in [1.165, 1.54) is 0 Å². The van der Waals surface area contributed by atoms with Gasteiger partial charge in [0.05, 0.1) is 25.6 Å². The molecule has 1 unspecified atom stereocenters. The maximum Gasteiger partial charge on any atom is 0.161 e. The predicted octanol–water partition coefficient (Wildman–Crippen LogP) is -1.34. The fraction of sp³-hybridized carbons (Fsp3) is 0.667. The first kappa shape index (κ1) is 6.24. The van der Waals surface area contributed by atoms with E-state index in [-0.39, 0.29) is 11.7 Å². The van der Waals surface area contributed by atoms with E-state index in [0.29, 0.717) is 13.0 Å². The molecule has 1 rings (SSSR count). The van der Waals surface area contributed by atoms with Crippen LogP contribution in [0.5, 0.6) is 0 Å². The quantitative estimate of drug-likeness (QED) is 0.435. The molecule has 48 valence electrons. The molecule has 0 aromatic carbocycles. The van der Waals surface area contributed by atoms with Gasteiger partial charge in [0, 0.05) is 0 Å². The summed E-state index contributed by atoms with van der Waals surface area (Å²) in [5, 5.41) is 10.4. The van der Waals surface area contributed by atoms with Crippen LogP contribution >= 0.6 is 0 Å². The van der Waals surface area contributed by atoms with Crippen molar-refractivity contribution in [1.82, 2.24) is 0 Å². The highest BCUT2D eigenvalue weighted by Crippen LogP contribution is 1.98. The van der Waals surface area contributed by atoms with Crippen molar-refractivity contribution >= 4 is 5.78 Å². The lowest BCUT2D eigenvalue weighted by molar-refractivity contribution is -0.660. The number of hydrogen-bond acceptors (Lipinski definition) is 2. The van der Waals surface area contributed by atoms with E-state index in [0.717, 1.165) is 6.54 Å². The second-order valence-electron chi connectivity index (χ2n) is 2.21. The zero-order valence-electron chi connectivity index (χ0n) is 5.13. The lowest BCUT2D eigenvalue weighted by atomic mass is 10.0. The van der Waals surface area contributed by atoms with Gasteiger partial charge in [-0.2, -0.15) is 5.26 Å². The Morgan fingerprint density at radius 2 is 2.56 bits per heavy atom. The van der Waals surface area contributed by atoms with Gasteiger partial charge in [0.15, 0.2) is 11.7 Å². The third-order valence-electron chi connectivity index (χ3n) is 1.54. The molecule has 0 radical (unpaired) electrons. The van der Waals surface area contributed by atoms with Gasteiger partial charge in [-0.1, -0.05) is 0 Å². The molecule has 1 saturated heterocycles. The molecule has 1 aliphatic rings. The van der Waals surface area contributed by atoms with Crippen molar-refractivity contribution in [3.8, 4) is 6.07 Å². The largest absolute Gasteiger partial charge is 0.344 e. The number of nitrogens with zero attached hydrogens (tertiary/aromatic N) is 1. The Bertz CT molecular complexity index is 159. The highest BCUT2D eigenvalue weighted by molar-refractivity contribution is 5.83. The molecule has 0 amide bonds. The number of nitrogens with two attached hydrogens (primary N) is 1. The fourth-order valence-electron chi connectivity index (χ4n) is 0.959. The summed E-state index contributed by atoms with van der Waals surface area (Å²) in [7, 11) is 0. The van der Waals surface area contributed by atoms with E-state index in [1.807, 2.05) is 11.4 Å². The van der Waals surface area contributed by atoms with E-state index in [9.17, 15) is 4.79 Å². The molecule has 0 aromatic heterocycles. The third kappa shape index (κ3) is 1.27. The van der Waals surface area contributed by atoms with Gasteiger partial charge in [-0.15, -0.1) is 0 Å². The van der Waals surface area contributed by atoms with E-state index < -0.39 is 0 Å². The molecule has 0 bridgehead atoms. The highest BCUT2D eigenvalue weighted by atomic mass is 16.1. The van der Waals surface area contributed by atoms with Crippen molar-refractivity contribution in [2.75, 3.05) is 13.1 Å². The summed E-state index contributed by atoms with van der Waals surface area (Å²) in [5.74, 6) is -0.223. The smallest absolute Gasteiger partial charge is 0.161 e. The Kier molecular flexibility index (Phi) is 1.81. The normalized spacial score (nSPS) is 27.4. The zero-order valence-corrected chi connectivity index (χ0v) is 5.13. The van der Waals surface area contributed by atoms with Gasteiger partial charge < -0.3 is 5.32 Å². The van der Waals surface area contributed by atoms with Crippen molar-refractivity contribution in [3.05, 3.63) is 0 Å². The monoisotopic (exact) mass is 125 g/mol. The second-order valence-corrected chi connectivity index (χ2v) is 2.21. The van der Waals surface area contributed by atoms with Crippen molar-refractivity contribution in [1.29, 1.82) is 5.26 Å². The van der Waals surface area contributed by atoms with Crippen molar-refractivity contribution < 1.29 is 10.1 Å². The Hall–Kier alpha value is -0.880. The summed E-state index contributed by atoms with van der Waals surface area (Å²) in [5.41, 5.74) is 0. The van der Waals surface area contributed by atoms with Crippen molar-refractivity contribution in [2.45, 2.75) is 6.42 Å². The van der Waals surface area contributed by atoms with Crippen LogP contribution in [0.1, 0.15) is 6.42 Å². The standard InChI is InChI=1S/C6H8N2O/c7-3-5-4-8-2-1-6(5)9/h5,8H,1-2,4H2/p+1. The molecule has 0 saturated carbocycles. The van der Waals surface area contributed by atoms with Gasteiger partial charge in [0.25, 0.3) is 0 Å². The summed E-state index contributed by atoms with van der Waals surface area (Å²) in [6.45, 7) is 1.52. The van der Waals surface area contributed by atoms with Crippen LogP contribution in [0, 0.1) is 17.2 Å². The number of rotatable bonds is 0. The topological polar surface area (TPSA) is 57.5 Å². The van der Waals surface area contributed by atoms with Gasteiger partial charge in [-0.05, 0) is 0 Å². The number of ketones is 1. The average Bonchev–Trinajstić information content (AvgIpc) is 1.89. The zero-order chi connectivity index (χ0) is 6.69. The first-order chi connectivity index (χ1) is 4.34. The summed E-state index contributed by atoms with van der Waals surface area (Å²) in [4.78, 5) is 10.8.